The van der Waals surface area contributed by atoms with Crippen LogP contribution in [-0.2, 0) is 11.2 Å². The summed E-state index contributed by atoms with van der Waals surface area (Å²) in [6.07, 6.45) is -3.20. The maximum atomic E-state index is 14.1. The Bertz CT molecular complexity index is 829. The van der Waals surface area contributed by atoms with Crippen LogP contribution in [0, 0.1) is 5.41 Å². The van der Waals surface area contributed by atoms with E-state index in [0.717, 1.165) is 22.2 Å². The third-order valence-corrected chi connectivity index (χ3v) is 4.87. The van der Waals surface area contributed by atoms with Crippen molar-refractivity contribution in [1.82, 2.24) is 10.4 Å². The minimum Gasteiger partial charge on any atom is -0.287 e. The zero-order valence-corrected chi connectivity index (χ0v) is 15.2. The van der Waals surface area contributed by atoms with E-state index >= 15 is 0 Å². The number of hydrazine groups is 1. The lowest BCUT2D eigenvalue weighted by molar-refractivity contribution is -0.191. The summed E-state index contributed by atoms with van der Waals surface area (Å²) in [6, 6.07) is 9.01. The molecule has 3 nitrogen and oxygen atoms in total. The number of fused-ring (bicyclic) bond motifs is 1. The van der Waals surface area contributed by atoms with Gasteiger partial charge in [0.05, 0.1) is 5.41 Å². The number of rotatable bonds is 4. The minimum absolute atomic E-state index is 0.00834. The molecule has 1 heterocycles. The molecule has 1 aliphatic heterocycles. The van der Waals surface area contributed by atoms with Gasteiger partial charge in [0, 0.05) is 6.54 Å². The third kappa shape index (κ3) is 3.43. The molecule has 0 bridgehead atoms. The number of nitrogens with zero attached hydrogens (tertiary/aromatic N) is 1. The molecule has 0 aliphatic carbocycles. The topological polar surface area (TPSA) is 32.3 Å². The van der Waals surface area contributed by atoms with Crippen molar-refractivity contribution in [1.29, 1.82) is 0 Å². The fourth-order valence-electron chi connectivity index (χ4n) is 3.54. The van der Waals surface area contributed by atoms with Crippen LogP contribution in [0.3, 0.4) is 0 Å². The van der Waals surface area contributed by atoms with E-state index < -0.39 is 17.6 Å². The van der Waals surface area contributed by atoms with Gasteiger partial charge in [0.2, 0.25) is 5.91 Å². The smallest absolute Gasteiger partial charge is 0.287 e. The standard InChI is InChI=1S/C20H23F3N2O/c1-4-7-15-10-13-8-5-6-9-14(13)11-16(15)17(20(21,22)23)25-12-19(2,3)18(26)24-25/h5-6,8-11,17H,4,7,12H2,1-3H3,(H,24,26). The van der Waals surface area contributed by atoms with E-state index in [0.29, 0.717) is 12.0 Å². The summed E-state index contributed by atoms with van der Waals surface area (Å²) in [5.74, 6) is -0.385. The number of hydrogen-bond acceptors (Lipinski definition) is 2. The zero-order chi connectivity index (χ0) is 19.1. The van der Waals surface area contributed by atoms with E-state index in [1.165, 1.54) is 0 Å². The summed E-state index contributed by atoms with van der Waals surface area (Å²) in [5, 5.41) is 2.73. The Kier molecular flexibility index (Phi) is 4.73. The van der Waals surface area contributed by atoms with Crippen molar-refractivity contribution < 1.29 is 18.0 Å². The molecule has 0 saturated carbocycles. The SMILES string of the molecule is CCCc1cc2ccccc2cc1C(N1CC(C)(C)C(=O)N1)C(F)(F)F. The molecule has 0 spiro atoms. The minimum atomic E-state index is -4.50. The van der Waals surface area contributed by atoms with Crippen LogP contribution >= 0.6 is 0 Å². The number of carbonyl (C=O) groups is 1. The van der Waals surface area contributed by atoms with Gasteiger partial charge in [-0.05, 0) is 48.2 Å². The van der Waals surface area contributed by atoms with Gasteiger partial charge >= 0.3 is 6.18 Å². The number of halogens is 3. The number of amides is 1. The summed E-state index contributed by atoms with van der Waals surface area (Å²) in [5.41, 5.74) is 2.48. The number of hydrogen-bond donors (Lipinski definition) is 1. The van der Waals surface area contributed by atoms with Gasteiger partial charge in [-0.25, -0.2) is 5.01 Å². The van der Waals surface area contributed by atoms with Crippen LogP contribution in [0.4, 0.5) is 13.2 Å². The lowest BCUT2D eigenvalue weighted by atomic mass is 9.91. The van der Waals surface area contributed by atoms with Crippen LogP contribution in [0.15, 0.2) is 36.4 Å². The molecule has 0 radical (unpaired) electrons. The highest BCUT2D eigenvalue weighted by atomic mass is 19.4. The summed E-state index contributed by atoms with van der Waals surface area (Å²) >= 11 is 0. The van der Waals surface area contributed by atoms with Crippen LogP contribution in [0.1, 0.15) is 44.4 Å². The van der Waals surface area contributed by atoms with Gasteiger partial charge < -0.3 is 0 Å². The number of benzene rings is 2. The molecule has 1 N–H and O–H groups in total. The molecule has 0 aromatic heterocycles. The highest BCUT2D eigenvalue weighted by Gasteiger charge is 2.51. The molecule has 6 heteroatoms. The Morgan fingerprint density at radius 2 is 1.81 bits per heavy atom. The maximum Gasteiger partial charge on any atom is 0.409 e. The van der Waals surface area contributed by atoms with E-state index in [2.05, 4.69) is 5.43 Å². The van der Waals surface area contributed by atoms with Gasteiger partial charge in [0.1, 0.15) is 6.04 Å². The first-order valence-corrected chi connectivity index (χ1v) is 8.79. The van der Waals surface area contributed by atoms with Crippen LogP contribution in [-0.4, -0.2) is 23.6 Å². The average Bonchev–Trinajstić information content (AvgIpc) is 2.79. The van der Waals surface area contributed by atoms with E-state index in [9.17, 15) is 18.0 Å². The van der Waals surface area contributed by atoms with Crippen molar-refractivity contribution in [3.05, 3.63) is 47.5 Å². The lowest BCUT2D eigenvalue weighted by Crippen LogP contribution is -2.44. The first kappa shape index (κ1) is 18.7. The third-order valence-electron chi connectivity index (χ3n) is 4.87. The van der Waals surface area contributed by atoms with Crippen LogP contribution in [0.5, 0.6) is 0 Å². The van der Waals surface area contributed by atoms with Crippen molar-refractivity contribution in [2.75, 3.05) is 6.54 Å². The van der Waals surface area contributed by atoms with Crippen molar-refractivity contribution in [2.24, 2.45) is 5.41 Å². The maximum absolute atomic E-state index is 14.1. The average molecular weight is 364 g/mol. The Labute approximate surface area is 151 Å². The molecule has 3 rings (SSSR count). The Balaban J connectivity index is 2.15. The van der Waals surface area contributed by atoms with E-state index in [1.807, 2.05) is 37.3 Å². The summed E-state index contributed by atoms with van der Waals surface area (Å²) in [7, 11) is 0. The molecule has 1 amide bonds. The molecule has 1 aliphatic rings. The highest BCUT2D eigenvalue weighted by Crippen LogP contribution is 2.42. The number of carbonyl (C=O) groups excluding carboxylic acids is 1. The molecule has 26 heavy (non-hydrogen) atoms. The largest absolute Gasteiger partial charge is 0.409 e. The van der Waals surface area contributed by atoms with Crippen molar-refractivity contribution in [3.63, 3.8) is 0 Å². The lowest BCUT2D eigenvalue weighted by Gasteiger charge is -2.31. The molecule has 1 unspecified atom stereocenters. The normalized spacial score (nSPS) is 18.9. The second-order valence-corrected chi connectivity index (χ2v) is 7.55. The predicted octanol–water partition coefficient (Wildman–Crippen LogP) is 4.77. The summed E-state index contributed by atoms with van der Waals surface area (Å²) < 4.78 is 42.2. The number of alkyl halides is 3. The number of nitrogens with one attached hydrogen (secondary N) is 1. The van der Waals surface area contributed by atoms with Crippen LogP contribution < -0.4 is 5.43 Å². The quantitative estimate of drug-likeness (QED) is 0.848. The predicted molar refractivity (Wildman–Crippen MR) is 95.4 cm³/mol. The van der Waals surface area contributed by atoms with Crippen LogP contribution in [0.2, 0.25) is 0 Å². The van der Waals surface area contributed by atoms with Crippen molar-refractivity contribution in [3.8, 4) is 0 Å². The van der Waals surface area contributed by atoms with Gasteiger partial charge in [-0.2, -0.15) is 13.2 Å². The van der Waals surface area contributed by atoms with Gasteiger partial charge in [-0.15, -0.1) is 0 Å². The monoisotopic (exact) mass is 364 g/mol. The highest BCUT2D eigenvalue weighted by molar-refractivity contribution is 5.85. The van der Waals surface area contributed by atoms with Gasteiger partial charge in [-0.1, -0.05) is 43.7 Å². The first-order chi connectivity index (χ1) is 12.1. The Hall–Kier alpha value is -2.08. The molecular formula is C20H23F3N2O. The fraction of sp³-hybridized carbons (Fsp3) is 0.450. The van der Waals surface area contributed by atoms with Gasteiger partial charge in [0.15, 0.2) is 0 Å². The second kappa shape index (κ2) is 6.58. The van der Waals surface area contributed by atoms with E-state index in [4.69, 9.17) is 0 Å². The molecule has 2 aromatic rings. The molecule has 140 valence electrons. The van der Waals surface area contributed by atoms with Crippen molar-refractivity contribution >= 4 is 16.7 Å². The van der Waals surface area contributed by atoms with Gasteiger partial charge in [0.25, 0.3) is 0 Å². The summed E-state index contributed by atoms with van der Waals surface area (Å²) in [6.45, 7) is 5.27. The van der Waals surface area contributed by atoms with Crippen molar-refractivity contribution in [2.45, 2.75) is 45.8 Å². The molecule has 1 saturated heterocycles. The number of aryl methyl sites for hydroxylation is 1. The molecule has 1 atom stereocenters. The molecule has 2 aromatic carbocycles. The first-order valence-electron chi connectivity index (χ1n) is 8.79. The zero-order valence-electron chi connectivity index (χ0n) is 15.2. The van der Waals surface area contributed by atoms with E-state index in [1.54, 1.807) is 19.9 Å². The summed E-state index contributed by atoms with van der Waals surface area (Å²) in [4.78, 5) is 12.1. The molecule has 1 fully saturated rings. The fourth-order valence-corrected chi connectivity index (χ4v) is 3.54. The second-order valence-electron chi connectivity index (χ2n) is 7.55. The van der Waals surface area contributed by atoms with E-state index in [-0.39, 0.29) is 18.0 Å². The van der Waals surface area contributed by atoms with Gasteiger partial charge in [-0.3, -0.25) is 10.2 Å². The Morgan fingerprint density at radius 1 is 1.19 bits per heavy atom. The van der Waals surface area contributed by atoms with Crippen LogP contribution in [0.25, 0.3) is 10.8 Å². The Morgan fingerprint density at radius 3 is 2.31 bits per heavy atom. The molecular weight excluding hydrogens is 341 g/mol.